The van der Waals surface area contributed by atoms with Crippen LogP contribution in [0.2, 0.25) is 0 Å². The Morgan fingerprint density at radius 1 is 0.552 bits per heavy atom. The van der Waals surface area contributed by atoms with Gasteiger partial charge in [0.2, 0.25) is 11.5 Å². The molecule has 1 saturated heterocycles. The van der Waals surface area contributed by atoms with Gasteiger partial charge in [-0.15, -0.1) is 11.8 Å². The van der Waals surface area contributed by atoms with Crippen molar-refractivity contribution < 1.29 is 28.4 Å². The lowest BCUT2D eigenvalue weighted by Gasteiger charge is -2.19. The molecule has 0 bridgehead atoms. The normalized spacial score (nSPS) is 18.3. The van der Waals surface area contributed by atoms with E-state index in [0.717, 1.165) is 12.8 Å². The first-order valence-electron chi connectivity index (χ1n) is 9.35. The zero-order valence-corrected chi connectivity index (χ0v) is 18.6. The zero-order chi connectivity index (χ0) is 21.0. The zero-order valence-electron chi connectivity index (χ0n) is 17.7. The summed E-state index contributed by atoms with van der Waals surface area (Å²) < 4.78 is 32.9. The standard InChI is InChI=1S/C22H28O6S/c1-23-15-9-13(10-16(24-2)21(15)27-5)19-7-8-20(29-19)14-11-17(25-3)22(28-6)18(12-14)26-4/h9-12,19-20H,7-8H2,1-6H3/t19-,20-/m1/s1. The molecule has 2 aromatic rings. The van der Waals surface area contributed by atoms with Gasteiger partial charge < -0.3 is 28.4 Å². The fourth-order valence-corrected chi connectivity index (χ4v) is 5.23. The largest absolute Gasteiger partial charge is 0.493 e. The highest BCUT2D eigenvalue weighted by Gasteiger charge is 2.31. The lowest BCUT2D eigenvalue weighted by molar-refractivity contribution is 0.323. The molecule has 0 saturated carbocycles. The average Bonchev–Trinajstić information content (AvgIpc) is 3.27. The minimum atomic E-state index is 0.327. The smallest absolute Gasteiger partial charge is 0.203 e. The molecule has 0 aliphatic carbocycles. The van der Waals surface area contributed by atoms with Gasteiger partial charge >= 0.3 is 0 Å². The lowest BCUT2D eigenvalue weighted by Crippen LogP contribution is -1.99. The Balaban J connectivity index is 1.89. The number of thioether (sulfide) groups is 1. The summed E-state index contributed by atoms with van der Waals surface area (Å²) in [7, 11) is 9.79. The third-order valence-corrected chi connectivity index (χ3v) is 6.81. The van der Waals surface area contributed by atoms with Gasteiger partial charge in [-0.3, -0.25) is 0 Å². The molecule has 1 fully saturated rings. The molecule has 29 heavy (non-hydrogen) atoms. The van der Waals surface area contributed by atoms with Crippen molar-refractivity contribution in [1.82, 2.24) is 0 Å². The van der Waals surface area contributed by atoms with Crippen LogP contribution in [0.4, 0.5) is 0 Å². The van der Waals surface area contributed by atoms with Crippen molar-refractivity contribution in [3.8, 4) is 34.5 Å². The summed E-state index contributed by atoms with van der Waals surface area (Å²) in [6.07, 6.45) is 2.09. The van der Waals surface area contributed by atoms with Gasteiger partial charge in [-0.25, -0.2) is 0 Å². The first-order chi connectivity index (χ1) is 14.1. The maximum atomic E-state index is 5.52. The van der Waals surface area contributed by atoms with Crippen molar-refractivity contribution in [2.24, 2.45) is 0 Å². The van der Waals surface area contributed by atoms with Crippen LogP contribution in [0.5, 0.6) is 34.5 Å². The monoisotopic (exact) mass is 420 g/mol. The van der Waals surface area contributed by atoms with Crippen molar-refractivity contribution >= 4 is 11.8 Å². The van der Waals surface area contributed by atoms with Gasteiger partial charge in [0.1, 0.15) is 0 Å². The molecular weight excluding hydrogens is 392 g/mol. The van der Waals surface area contributed by atoms with Gasteiger partial charge in [0, 0.05) is 10.5 Å². The van der Waals surface area contributed by atoms with Gasteiger partial charge in [0.25, 0.3) is 0 Å². The van der Waals surface area contributed by atoms with Crippen LogP contribution < -0.4 is 28.4 Å². The molecule has 158 valence electrons. The van der Waals surface area contributed by atoms with Crippen LogP contribution in [0.15, 0.2) is 24.3 Å². The van der Waals surface area contributed by atoms with E-state index in [1.807, 2.05) is 36.0 Å². The van der Waals surface area contributed by atoms with E-state index in [9.17, 15) is 0 Å². The first kappa shape index (κ1) is 21.3. The SMILES string of the molecule is COc1cc([C@H]2CC[C@H](c3cc(OC)c(OC)c(OC)c3)S2)cc(OC)c1OC. The van der Waals surface area contributed by atoms with Crippen LogP contribution in [-0.4, -0.2) is 42.7 Å². The fraction of sp³-hybridized carbons (Fsp3) is 0.455. The van der Waals surface area contributed by atoms with Crippen LogP contribution >= 0.6 is 11.8 Å². The predicted molar refractivity (Wildman–Crippen MR) is 115 cm³/mol. The summed E-state index contributed by atoms with van der Waals surface area (Å²) in [5.41, 5.74) is 2.33. The Labute approximate surface area is 176 Å². The number of hydrogen-bond acceptors (Lipinski definition) is 7. The summed E-state index contributed by atoms with van der Waals surface area (Å²) in [4.78, 5) is 0. The number of benzene rings is 2. The maximum Gasteiger partial charge on any atom is 0.203 e. The molecule has 0 N–H and O–H groups in total. The highest BCUT2D eigenvalue weighted by atomic mass is 32.2. The molecule has 3 rings (SSSR count). The molecule has 1 aliphatic heterocycles. The highest BCUT2D eigenvalue weighted by Crippen LogP contribution is 2.56. The van der Waals surface area contributed by atoms with Crippen molar-refractivity contribution in [2.45, 2.75) is 23.3 Å². The lowest BCUT2D eigenvalue weighted by atomic mass is 10.0. The molecular formula is C22H28O6S. The molecule has 0 aromatic heterocycles. The number of hydrogen-bond donors (Lipinski definition) is 0. The Bertz CT molecular complexity index is 734. The minimum absolute atomic E-state index is 0.327. The summed E-state index contributed by atoms with van der Waals surface area (Å²) >= 11 is 1.92. The molecule has 1 heterocycles. The van der Waals surface area contributed by atoms with Gasteiger partial charge in [0.05, 0.1) is 42.7 Å². The van der Waals surface area contributed by atoms with Crippen LogP contribution in [-0.2, 0) is 0 Å². The van der Waals surface area contributed by atoms with Crippen LogP contribution in [0.1, 0.15) is 34.5 Å². The maximum absolute atomic E-state index is 5.52. The second kappa shape index (κ2) is 9.39. The summed E-state index contributed by atoms with van der Waals surface area (Å²) in [6, 6.07) is 8.15. The summed E-state index contributed by atoms with van der Waals surface area (Å²) in [6.45, 7) is 0. The first-order valence-corrected chi connectivity index (χ1v) is 10.3. The van der Waals surface area contributed by atoms with E-state index in [1.54, 1.807) is 42.7 Å². The van der Waals surface area contributed by atoms with Gasteiger partial charge in [-0.05, 0) is 48.2 Å². The Kier molecular flexibility index (Phi) is 6.90. The van der Waals surface area contributed by atoms with Crippen molar-refractivity contribution in [3.63, 3.8) is 0 Å². The second-order valence-electron chi connectivity index (χ2n) is 6.61. The van der Waals surface area contributed by atoms with E-state index in [0.29, 0.717) is 45.0 Å². The fourth-order valence-electron chi connectivity index (χ4n) is 3.70. The van der Waals surface area contributed by atoms with Crippen molar-refractivity contribution in [2.75, 3.05) is 42.7 Å². The average molecular weight is 421 g/mol. The number of ether oxygens (including phenoxy) is 6. The molecule has 6 nitrogen and oxygen atoms in total. The summed E-state index contributed by atoms with van der Waals surface area (Å²) in [5, 5.41) is 0.653. The Hall–Kier alpha value is -2.41. The van der Waals surface area contributed by atoms with Gasteiger partial charge in [-0.2, -0.15) is 0 Å². The molecule has 0 radical (unpaired) electrons. The Morgan fingerprint density at radius 3 is 1.10 bits per heavy atom. The predicted octanol–water partition coefficient (Wildman–Crippen LogP) is 5.05. The van der Waals surface area contributed by atoms with Gasteiger partial charge in [-0.1, -0.05) is 0 Å². The molecule has 1 aliphatic rings. The second-order valence-corrected chi connectivity index (χ2v) is 8.02. The highest BCUT2D eigenvalue weighted by molar-refractivity contribution is 8.00. The van der Waals surface area contributed by atoms with E-state index in [4.69, 9.17) is 28.4 Å². The summed E-state index contributed by atoms with van der Waals surface area (Å²) in [5.74, 6) is 3.94. The van der Waals surface area contributed by atoms with E-state index in [2.05, 4.69) is 0 Å². The number of rotatable bonds is 8. The third kappa shape index (κ3) is 4.15. The number of methoxy groups -OCH3 is 6. The van der Waals surface area contributed by atoms with E-state index in [-0.39, 0.29) is 0 Å². The third-order valence-electron chi connectivity index (χ3n) is 5.14. The van der Waals surface area contributed by atoms with Crippen molar-refractivity contribution in [1.29, 1.82) is 0 Å². The topological polar surface area (TPSA) is 55.4 Å². The van der Waals surface area contributed by atoms with Crippen LogP contribution in [0.3, 0.4) is 0 Å². The van der Waals surface area contributed by atoms with Crippen LogP contribution in [0, 0.1) is 0 Å². The molecule has 0 spiro atoms. The van der Waals surface area contributed by atoms with E-state index >= 15 is 0 Å². The minimum Gasteiger partial charge on any atom is -0.493 e. The van der Waals surface area contributed by atoms with Gasteiger partial charge in [0.15, 0.2) is 23.0 Å². The van der Waals surface area contributed by atoms with Crippen LogP contribution in [0.25, 0.3) is 0 Å². The van der Waals surface area contributed by atoms with Crippen molar-refractivity contribution in [3.05, 3.63) is 35.4 Å². The molecule has 0 amide bonds. The van der Waals surface area contributed by atoms with E-state index in [1.165, 1.54) is 11.1 Å². The van der Waals surface area contributed by atoms with E-state index < -0.39 is 0 Å². The molecule has 2 aromatic carbocycles. The molecule has 7 heteroatoms. The Morgan fingerprint density at radius 2 is 0.862 bits per heavy atom. The molecule has 2 atom stereocenters. The molecule has 0 unspecified atom stereocenters. The quantitative estimate of drug-likeness (QED) is 0.592.